The Morgan fingerprint density at radius 2 is 2.17 bits per heavy atom. The third kappa shape index (κ3) is 6.04. The van der Waals surface area contributed by atoms with E-state index in [1.54, 1.807) is 22.7 Å². The summed E-state index contributed by atoms with van der Waals surface area (Å²) < 4.78 is 5.46. The Morgan fingerprint density at radius 1 is 1.43 bits per heavy atom. The van der Waals surface area contributed by atoms with Gasteiger partial charge < -0.3 is 9.64 Å². The summed E-state index contributed by atoms with van der Waals surface area (Å²) >= 11 is 9.15. The number of halogens is 1. The van der Waals surface area contributed by atoms with Crippen molar-refractivity contribution in [1.82, 2.24) is 14.9 Å². The average Bonchev–Trinajstić information content (AvgIpc) is 2.45. The standard InChI is InChI=1S/C15H22ClN3O2S2/c1-15(2,3)21-14(20)19-7-5-6-10(9-19)23-12-8-11(16)17-13(18-12)22-4/h8,10H,5-7,9H2,1-4H3/t10-/m0/s1. The molecule has 0 aliphatic carbocycles. The van der Waals surface area contributed by atoms with Crippen LogP contribution in [-0.2, 0) is 4.74 Å². The van der Waals surface area contributed by atoms with Crippen molar-refractivity contribution in [3.8, 4) is 0 Å². The number of likely N-dealkylation sites (tertiary alicyclic amines) is 1. The lowest BCUT2D eigenvalue weighted by molar-refractivity contribution is 0.0220. The molecule has 0 aromatic carbocycles. The van der Waals surface area contributed by atoms with E-state index in [9.17, 15) is 4.79 Å². The summed E-state index contributed by atoms with van der Waals surface area (Å²) in [4.78, 5) is 22.6. The summed E-state index contributed by atoms with van der Waals surface area (Å²) in [6, 6.07) is 1.78. The van der Waals surface area contributed by atoms with Gasteiger partial charge in [-0.15, -0.1) is 11.8 Å². The van der Waals surface area contributed by atoms with Crippen LogP contribution in [0.25, 0.3) is 0 Å². The van der Waals surface area contributed by atoms with Gasteiger partial charge in [-0.2, -0.15) is 0 Å². The predicted molar refractivity (Wildman–Crippen MR) is 95.5 cm³/mol. The topological polar surface area (TPSA) is 55.3 Å². The second-order valence-electron chi connectivity index (χ2n) is 6.32. The Hall–Kier alpha value is -0.660. The van der Waals surface area contributed by atoms with E-state index < -0.39 is 5.60 Å². The van der Waals surface area contributed by atoms with Crippen LogP contribution in [0.4, 0.5) is 4.79 Å². The van der Waals surface area contributed by atoms with Crippen molar-refractivity contribution in [2.75, 3.05) is 19.3 Å². The summed E-state index contributed by atoms with van der Waals surface area (Å²) in [5.41, 5.74) is -0.468. The molecule has 23 heavy (non-hydrogen) atoms. The van der Waals surface area contributed by atoms with Crippen molar-refractivity contribution in [3.05, 3.63) is 11.2 Å². The fourth-order valence-electron chi connectivity index (χ4n) is 2.23. The third-order valence-corrected chi connectivity index (χ3v) is 5.06. The van der Waals surface area contributed by atoms with Gasteiger partial charge in [-0.1, -0.05) is 23.4 Å². The molecule has 2 rings (SSSR count). The van der Waals surface area contributed by atoms with Crippen molar-refractivity contribution in [2.24, 2.45) is 0 Å². The number of carbonyl (C=O) groups is 1. The van der Waals surface area contributed by atoms with Gasteiger partial charge in [0.2, 0.25) is 0 Å². The van der Waals surface area contributed by atoms with E-state index in [1.807, 2.05) is 27.0 Å². The zero-order valence-corrected chi connectivity index (χ0v) is 16.2. The molecule has 0 radical (unpaired) electrons. The number of hydrogen-bond donors (Lipinski definition) is 0. The first-order chi connectivity index (χ1) is 10.8. The predicted octanol–water partition coefficient (Wildman–Crippen LogP) is 4.34. The zero-order valence-electron chi connectivity index (χ0n) is 13.8. The molecule has 0 N–H and O–H groups in total. The summed E-state index contributed by atoms with van der Waals surface area (Å²) in [5, 5.41) is 2.26. The first kappa shape index (κ1) is 18.7. The number of piperidine rings is 1. The maximum Gasteiger partial charge on any atom is 0.410 e. The van der Waals surface area contributed by atoms with Crippen molar-refractivity contribution in [3.63, 3.8) is 0 Å². The van der Waals surface area contributed by atoms with Crippen molar-refractivity contribution >= 4 is 41.2 Å². The smallest absolute Gasteiger partial charge is 0.410 e. The quantitative estimate of drug-likeness (QED) is 0.445. The summed E-state index contributed by atoms with van der Waals surface area (Å²) in [5.74, 6) is 0. The Labute approximate surface area is 150 Å². The van der Waals surface area contributed by atoms with Gasteiger partial charge in [0.1, 0.15) is 15.8 Å². The molecule has 2 heterocycles. The Bertz CT molecular complexity index is 566. The molecule has 1 saturated heterocycles. The van der Waals surface area contributed by atoms with E-state index in [0.717, 1.165) is 24.4 Å². The van der Waals surface area contributed by atoms with Gasteiger partial charge in [0, 0.05) is 24.4 Å². The highest BCUT2D eigenvalue weighted by molar-refractivity contribution is 8.00. The molecule has 128 valence electrons. The van der Waals surface area contributed by atoms with Crippen molar-refractivity contribution < 1.29 is 9.53 Å². The molecular formula is C15H22ClN3O2S2. The van der Waals surface area contributed by atoms with E-state index in [4.69, 9.17) is 16.3 Å². The SMILES string of the molecule is CSc1nc(Cl)cc(S[C@H]2CCCN(C(=O)OC(C)(C)C)C2)n1. The molecule has 1 atom stereocenters. The minimum atomic E-state index is -0.468. The van der Waals surface area contributed by atoms with Crippen LogP contribution in [0.3, 0.4) is 0 Å². The lowest BCUT2D eigenvalue weighted by Crippen LogP contribution is -2.43. The number of aromatic nitrogens is 2. The second kappa shape index (κ2) is 7.94. The molecule has 8 heteroatoms. The van der Waals surface area contributed by atoms with Gasteiger partial charge in [0.05, 0.1) is 0 Å². The second-order valence-corrected chi connectivity index (χ2v) is 8.81. The molecule has 1 amide bonds. The van der Waals surface area contributed by atoms with E-state index in [-0.39, 0.29) is 11.3 Å². The molecule has 0 saturated carbocycles. The highest BCUT2D eigenvalue weighted by atomic mass is 35.5. The third-order valence-electron chi connectivity index (χ3n) is 3.15. The molecule has 1 fully saturated rings. The molecule has 1 aliphatic heterocycles. The highest BCUT2D eigenvalue weighted by Crippen LogP contribution is 2.31. The van der Waals surface area contributed by atoms with Gasteiger partial charge in [0.15, 0.2) is 5.16 Å². The van der Waals surface area contributed by atoms with Crippen LogP contribution < -0.4 is 0 Å². The zero-order chi connectivity index (χ0) is 17.0. The summed E-state index contributed by atoms with van der Waals surface area (Å²) in [7, 11) is 0. The van der Waals surface area contributed by atoms with Crippen LogP contribution in [0, 0.1) is 0 Å². The minimum absolute atomic E-state index is 0.242. The van der Waals surface area contributed by atoms with E-state index >= 15 is 0 Å². The largest absolute Gasteiger partial charge is 0.444 e. The molecule has 1 aliphatic rings. The monoisotopic (exact) mass is 375 g/mol. The van der Waals surface area contributed by atoms with E-state index in [2.05, 4.69) is 9.97 Å². The molecule has 5 nitrogen and oxygen atoms in total. The molecular weight excluding hydrogens is 354 g/mol. The first-order valence-corrected chi connectivity index (χ1v) is 9.98. The average molecular weight is 376 g/mol. The molecule has 0 spiro atoms. The molecule has 1 aromatic rings. The van der Waals surface area contributed by atoms with Crippen LogP contribution in [0.15, 0.2) is 16.2 Å². The number of amides is 1. The lowest BCUT2D eigenvalue weighted by Gasteiger charge is -2.33. The van der Waals surface area contributed by atoms with Crippen molar-refractivity contribution in [1.29, 1.82) is 0 Å². The Morgan fingerprint density at radius 3 is 2.83 bits per heavy atom. The number of ether oxygens (including phenoxy) is 1. The van der Waals surface area contributed by atoms with Crippen LogP contribution in [0.5, 0.6) is 0 Å². The van der Waals surface area contributed by atoms with Crippen LogP contribution >= 0.6 is 35.1 Å². The number of nitrogens with zero attached hydrogens (tertiary/aromatic N) is 3. The minimum Gasteiger partial charge on any atom is -0.444 e. The van der Waals surface area contributed by atoms with Gasteiger partial charge in [-0.05, 0) is 39.9 Å². The number of thioether (sulfide) groups is 2. The van der Waals surface area contributed by atoms with Crippen LogP contribution in [-0.4, -0.2) is 51.2 Å². The fraction of sp³-hybridized carbons (Fsp3) is 0.667. The summed E-state index contributed by atoms with van der Waals surface area (Å²) in [6.45, 7) is 7.05. The maximum atomic E-state index is 12.2. The van der Waals surface area contributed by atoms with E-state index in [1.165, 1.54) is 11.8 Å². The van der Waals surface area contributed by atoms with Gasteiger partial charge in [0.25, 0.3) is 0 Å². The van der Waals surface area contributed by atoms with Crippen molar-refractivity contribution in [2.45, 2.75) is 54.6 Å². The summed E-state index contributed by atoms with van der Waals surface area (Å²) in [6.07, 6.45) is 3.68. The fourth-order valence-corrected chi connectivity index (χ4v) is 4.16. The Balaban J connectivity index is 1.99. The normalized spacial score (nSPS) is 18.8. The Kier molecular flexibility index (Phi) is 6.45. The molecule has 1 aromatic heterocycles. The van der Waals surface area contributed by atoms with Crippen LogP contribution in [0.2, 0.25) is 5.15 Å². The van der Waals surface area contributed by atoms with Gasteiger partial charge in [-0.3, -0.25) is 0 Å². The molecule has 0 unspecified atom stereocenters. The maximum absolute atomic E-state index is 12.2. The highest BCUT2D eigenvalue weighted by Gasteiger charge is 2.28. The van der Waals surface area contributed by atoms with E-state index in [0.29, 0.717) is 16.9 Å². The van der Waals surface area contributed by atoms with Crippen LogP contribution in [0.1, 0.15) is 33.6 Å². The molecule has 0 bridgehead atoms. The number of hydrogen-bond acceptors (Lipinski definition) is 6. The van der Waals surface area contributed by atoms with Gasteiger partial charge in [-0.25, -0.2) is 14.8 Å². The van der Waals surface area contributed by atoms with Gasteiger partial charge >= 0.3 is 6.09 Å². The lowest BCUT2D eigenvalue weighted by atomic mass is 10.1. The number of rotatable bonds is 3. The first-order valence-electron chi connectivity index (χ1n) is 7.50. The number of carbonyl (C=O) groups excluding carboxylic acids is 1.